The van der Waals surface area contributed by atoms with E-state index in [0.29, 0.717) is 11.9 Å². The van der Waals surface area contributed by atoms with Crippen LogP contribution in [0.15, 0.2) is 4.42 Å². The van der Waals surface area contributed by atoms with E-state index < -0.39 is 0 Å². The quantitative estimate of drug-likeness (QED) is 0.565. The molecule has 1 atom stereocenters. The van der Waals surface area contributed by atoms with Crippen LogP contribution >= 0.6 is 11.6 Å². The number of alkyl halides is 1. The highest BCUT2D eigenvalue weighted by molar-refractivity contribution is 6.20. The highest BCUT2D eigenvalue weighted by atomic mass is 35.5. The van der Waals surface area contributed by atoms with E-state index in [9.17, 15) is 0 Å². The molecule has 0 saturated carbocycles. The van der Waals surface area contributed by atoms with Gasteiger partial charge in [0.05, 0.1) is 0 Å². The zero-order valence-corrected chi connectivity index (χ0v) is 10.5. The first-order valence-electron chi connectivity index (χ1n) is 5.44. The third-order valence-electron chi connectivity index (χ3n) is 2.08. The Hall–Kier alpha value is -0.810. The fraction of sp³-hybridized carbons (Fsp3) is 0.800. The summed E-state index contributed by atoms with van der Waals surface area (Å²) in [7, 11) is 1.71. The number of hydrogen-bond donors (Lipinski definition) is 1. The first kappa shape index (κ1) is 13.3. The lowest BCUT2D eigenvalue weighted by Crippen LogP contribution is -2.02. The van der Waals surface area contributed by atoms with Crippen LogP contribution in [-0.4, -0.2) is 30.5 Å². The second kappa shape index (κ2) is 7.46. The van der Waals surface area contributed by atoms with E-state index in [2.05, 4.69) is 15.5 Å². The molecule has 0 aromatic carbocycles. The van der Waals surface area contributed by atoms with Crippen molar-refractivity contribution in [1.82, 2.24) is 10.2 Å². The van der Waals surface area contributed by atoms with Gasteiger partial charge in [-0.3, -0.25) is 0 Å². The lowest BCUT2D eigenvalue weighted by molar-refractivity contribution is 0.192. The molecule has 92 valence electrons. The SMILES string of the molecule is COCCCCCNc1nnc(C(C)Cl)o1. The number of aromatic nitrogens is 2. The largest absolute Gasteiger partial charge is 0.407 e. The van der Waals surface area contributed by atoms with E-state index in [1.54, 1.807) is 14.0 Å². The predicted molar refractivity (Wildman–Crippen MR) is 62.8 cm³/mol. The summed E-state index contributed by atoms with van der Waals surface area (Å²) in [6.45, 7) is 3.43. The summed E-state index contributed by atoms with van der Waals surface area (Å²) in [6.07, 6.45) is 3.25. The molecule has 0 saturated heterocycles. The number of anilines is 1. The van der Waals surface area contributed by atoms with Gasteiger partial charge in [0.25, 0.3) is 0 Å². The molecule has 1 aromatic heterocycles. The molecule has 1 aromatic rings. The normalized spacial score (nSPS) is 12.7. The first-order chi connectivity index (χ1) is 7.74. The number of nitrogens with zero attached hydrogens (tertiary/aromatic N) is 2. The molecule has 6 heteroatoms. The lowest BCUT2D eigenvalue weighted by atomic mass is 10.2. The van der Waals surface area contributed by atoms with Crippen molar-refractivity contribution >= 4 is 17.6 Å². The first-order valence-corrected chi connectivity index (χ1v) is 5.88. The summed E-state index contributed by atoms with van der Waals surface area (Å²) < 4.78 is 10.2. The van der Waals surface area contributed by atoms with Crippen LogP contribution in [-0.2, 0) is 4.74 Å². The Balaban J connectivity index is 2.12. The highest BCUT2D eigenvalue weighted by Gasteiger charge is 2.10. The van der Waals surface area contributed by atoms with Crippen LogP contribution in [0.2, 0.25) is 0 Å². The van der Waals surface area contributed by atoms with Crippen LogP contribution < -0.4 is 5.32 Å². The molecule has 0 aliphatic heterocycles. The average Bonchev–Trinajstić information content (AvgIpc) is 2.72. The predicted octanol–water partition coefficient (Wildman–Crippen LogP) is 2.60. The monoisotopic (exact) mass is 247 g/mol. The van der Waals surface area contributed by atoms with Gasteiger partial charge in [-0.15, -0.1) is 16.7 Å². The summed E-state index contributed by atoms with van der Waals surface area (Å²) in [4.78, 5) is 0. The molecule has 0 bridgehead atoms. The Morgan fingerprint density at radius 1 is 1.38 bits per heavy atom. The molecule has 0 aliphatic carbocycles. The molecular weight excluding hydrogens is 230 g/mol. The van der Waals surface area contributed by atoms with Gasteiger partial charge < -0.3 is 14.5 Å². The molecule has 1 unspecified atom stereocenters. The Morgan fingerprint density at radius 2 is 2.19 bits per heavy atom. The van der Waals surface area contributed by atoms with Crippen molar-refractivity contribution in [2.75, 3.05) is 25.6 Å². The average molecular weight is 248 g/mol. The molecule has 5 nitrogen and oxygen atoms in total. The summed E-state index contributed by atoms with van der Waals surface area (Å²) in [6, 6.07) is 0.439. The Bertz CT molecular complexity index is 291. The van der Waals surface area contributed by atoms with Gasteiger partial charge in [0.2, 0.25) is 5.89 Å². The van der Waals surface area contributed by atoms with Crippen LogP contribution in [0.4, 0.5) is 6.01 Å². The van der Waals surface area contributed by atoms with E-state index in [-0.39, 0.29) is 5.38 Å². The molecule has 0 radical (unpaired) electrons. The van der Waals surface area contributed by atoms with Gasteiger partial charge in [-0.25, -0.2) is 0 Å². The van der Waals surface area contributed by atoms with Crippen molar-refractivity contribution in [3.63, 3.8) is 0 Å². The third-order valence-corrected chi connectivity index (χ3v) is 2.27. The molecule has 1 rings (SSSR count). The standard InChI is InChI=1S/C10H18ClN3O2/c1-8(11)9-13-14-10(16-9)12-6-4-3-5-7-15-2/h8H,3-7H2,1-2H3,(H,12,14). The van der Waals surface area contributed by atoms with E-state index >= 15 is 0 Å². The molecule has 0 fully saturated rings. The molecule has 0 spiro atoms. The number of halogens is 1. The van der Waals surface area contributed by atoms with Crippen LogP contribution in [0.25, 0.3) is 0 Å². The van der Waals surface area contributed by atoms with Crippen molar-refractivity contribution in [2.45, 2.75) is 31.6 Å². The van der Waals surface area contributed by atoms with E-state index in [1.807, 2.05) is 0 Å². The third kappa shape index (κ3) is 4.81. The second-order valence-corrected chi connectivity index (χ2v) is 4.20. The topological polar surface area (TPSA) is 60.2 Å². The minimum Gasteiger partial charge on any atom is -0.407 e. The van der Waals surface area contributed by atoms with Crippen molar-refractivity contribution in [2.24, 2.45) is 0 Å². The Labute approximate surface area is 101 Å². The van der Waals surface area contributed by atoms with Gasteiger partial charge in [-0.1, -0.05) is 5.10 Å². The summed E-state index contributed by atoms with van der Waals surface area (Å²) in [5, 5.41) is 10.5. The van der Waals surface area contributed by atoms with Crippen molar-refractivity contribution in [3.05, 3.63) is 5.89 Å². The smallest absolute Gasteiger partial charge is 0.315 e. The maximum atomic E-state index is 5.80. The van der Waals surface area contributed by atoms with E-state index in [0.717, 1.165) is 32.4 Å². The number of unbranched alkanes of at least 4 members (excludes halogenated alkanes) is 2. The zero-order valence-electron chi connectivity index (χ0n) is 9.70. The molecule has 16 heavy (non-hydrogen) atoms. The summed E-state index contributed by atoms with van der Waals surface area (Å²) in [5.41, 5.74) is 0. The highest BCUT2D eigenvalue weighted by Crippen LogP contribution is 2.19. The Kier molecular flexibility index (Phi) is 6.18. The maximum Gasteiger partial charge on any atom is 0.315 e. The van der Waals surface area contributed by atoms with E-state index in [1.165, 1.54) is 0 Å². The van der Waals surface area contributed by atoms with Crippen LogP contribution in [0.3, 0.4) is 0 Å². The number of nitrogens with one attached hydrogen (secondary N) is 1. The minimum atomic E-state index is -0.246. The van der Waals surface area contributed by atoms with Gasteiger partial charge in [-0.05, 0) is 26.2 Å². The summed E-state index contributed by atoms with van der Waals surface area (Å²) in [5.74, 6) is 0.448. The van der Waals surface area contributed by atoms with Gasteiger partial charge in [0.1, 0.15) is 5.38 Å². The van der Waals surface area contributed by atoms with Gasteiger partial charge in [0, 0.05) is 20.3 Å². The van der Waals surface area contributed by atoms with Crippen molar-refractivity contribution < 1.29 is 9.15 Å². The fourth-order valence-electron chi connectivity index (χ4n) is 1.21. The van der Waals surface area contributed by atoms with Crippen LogP contribution in [0.1, 0.15) is 37.5 Å². The summed E-state index contributed by atoms with van der Waals surface area (Å²) >= 11 is 5.80. The lowest BCUT2D eigenvalue weighted by Gasteiger charge is -2.01. The van der Waals surface area contributed by atoms with Crippen LogP contribution in [0, 0.1) is 0 Å². The number of rotatable bonds is 8. The minimum absolute atomic E-state index is 0.246. The molecular formula is C10H18ClN3O2. The molecule has 0 amide bonds. The Morgan fingerprint density at radius 3 is 2.81 bits per heavy atom. The maximum absolute atomic E-state index is 5.80. The van der Waals surface area contributed by atoms with Gasteiger partial charge in [-0.2, -0.15) is 0 Å². The number of methoxy groups -OCH3 is 1. The number of hydrogen-bond acceptors (Lipinski definition) is 5. The second-order valence-electron chi connectivity index (χ2n) is 3.54. The van der Waals surface area contributed by atoms with E-state index in [4.69, 9.17) is 20.8 Å². The van der Waals surface area contributed by atoms with Crippen molar-refractivity contribution in [1.29, 1.82) is 0 Å². The number of ether oxygens (including phenoxy) is 1. The van der Waals surface area contributed by atoms with Gasteiger partial charge >= 0.3 is 6.01 Å². The van der Waals surface area contributed by atoms with Crippen molar-refractivity contribution in [3.8, 4) is 0 Å². The molecule has 1 heterocycles. The molecule has 0 aliphatic rings. The van der Waals surface area contributed by atoms with Crippen LogP contribution in [0.5, 0.6) is 0 Å². The zero-order chi connectivity index (χ0) is 11.8. The van der Waals surface area contributed by atoms with Gasteiger partial charge in [0.15, 0.2) is 0 Å². The molecule has 1 N–H and O–H groups in total. The fourth-order valence-corrected chi connectivity index (χ4v) is 1.30.